The summed E-state index contributed by atoms with van der Waals surface area (Å²) in [4.78, 5) is 29.8. The Morgan fingerprint density at radius 2 is 1.82 bits per heavy atom. The number of nitrogens with zero attached hydrogens (tertiary/aromatic N) is 2. The van der Waals surface area contributed by atoms with Crippen molar-refractivity contribution in [1.29, 1.82) is 0 Å². The van der Waals surface area contributed by atoms with Crippen LogP contribution in [0.3, 0.4) is 0 Å². The van der Waals surface area contributed by atoms with E-state index in [9.17, 15) is 9.59 Å². The number of H-pyrrole nitrogens is 1. The molecular formula is C23H24Cl2IN5O2S. The molecule has 2 amide bonds. The van der Waals surface area contributed by atoms with Gasteiger partial charge in [-0.15, -0.1) is 5.10 Å². The minimum atomic E-state index is -0.424. The molecule has 0 aliphatic heterocycles. The molecule has 180 valence electrons. The van der Waals surface area contributed by atoms with Gasteiger partial charge in [-0.3, -0.25) is 14.7 Å². The molecule has 0 unspecified atom stereocenters. The molecule has 0 saturated carbocycles. The smallest absolute Gasteiger partial charge is 0.253 e. The molecule has 11 heteroatoms. The van der Waals surface area contributed by atoms with Crippen molar-refractivity contribution in [2.75, 3.05) is 11.1 Å². The first-order chi connectivity index (χ1) is 16.0. The van der Waals surface area contributed by atoms with Gasteiger partial charge in [-0.05, 0) is 83.8 Å². The number of anilines is 1. The van der Waals surface area contributed by atoms with Crippen molar-refractivity contribution in [2.24, 2.45) is 5.92 Å². The third-order valence-corrected chi connectivity index (χ3v) is 7.02. The quantitative estimate of drug-likeness (QED) is 0.203. The SMILES string of the molecule is Cc1cc(I)cc(C)c1NC(=O)CSc1n[nH]c([C@@H](NC(=O)c2ccc(Cl)cc2Cl)C(C)C)n1. The normalized spacial score (nSPS) is 12.0. The lowest BCUT2D eigenvalue weighted by molar-refractivity contribution is -0.113. The Kier molecular flexibility index (Phi) is 9.25. The highest BCUT2D eigenvalue weighted by molar-refractivity contribution is 14.1. The number of aryl methyl sites for hydroxylation is 2. The first-order valence-corrected chi connectivity index (χ1v) is 13.2. The zero-order chi connectivity index (χ0) is 25.0. The van der Waals surface area contributed by atoms with Gasteiger partial charge in [0.05, 0.1) is 22.4 Å². The lowest BCUT2D eigenvalue weighted by Crippen LogP contribution is -2.32. The van der Waals surface area contributed by atoms with Gasteiger partial charge in [-0.2, -0.15) is 0 Å². The molecule has 34 heavy (non-hydrogen) atoms. The van der Waals surface area contributed by atoms with E-state index in [4.69, 9.17) is 23.2 Å². The van der Waals surface area contributed by atoms with Crippen molar-refractivity contribution < 1.29 is 9.59 Å². The molecule has 3 aromatic rings. The van der Waals surface area contributed by atoms with E-state index >= 15 is 0 Å². The zero-order valence-electron chi connectivity index (χ0n) is 19.0. The number of benzene rings is 2. The summed E-state index contributed by atoms with van der Waals surface area (Å²) in [6, 6.07) is 8.34. The summed E-state index contributed by atoms with van der Waals surface area (Å²) >= 11 is 15.6. The van der Waals surface area contributed by atoms with Gasteiger partial charge >= 0.3 is 0 Å². The third kappa shape index (κ3) is 6.87. The number of amides is 2. The maximum absolute atomic E-state index is 12.8. The highest BCUT2D eigenvalue weighted by Crippen LogP contribution is 2.26. The Morgan fingerprint density at radius 3 is 2.44 bits per heavy atom. The number of hydrogen-bond donors (Lipinski definition) is 3. The van der Waals surface area contributed by atoms with E-state index < -0.39 is 6.04 Å². The van der Waals surface area contributed by atoms with Crippen LogP contribution in [-0.4, -0.2) is 32.7 Å². The predicted octanol–water partition coefficient (Wildman–Crippen LogP) is 6.19. The summed E-state index contributed by atoms with van der Waals surface area (Å²) in [7, 11) is 0. The second kappa shape index (κ2) is 11.7. The minimum absolute atomic E-state index is 0.0240. The monoisotopic (exact) mass is 631 g/mol. The van der Waals surface area contributed by atoms with Gasteiger partial charge in [-0.25, -0.2) is 4.98 Å². The highest BCUT2D eigenvalue weighted by atomic mass is 127. The van der Waals surface area contributed by atoms with Crippen LogP contribution in [0.1, 0.15) is 47.2 Å². The number of carbonyl (C=O) groups excluding carboxylic acids is 2. The molecule has 1 heterocycles. The van der Waals surface area contributed by atoms with Crippen molar-refractivity contribution in [3.63, 3.8) is 0 Å². The molecule has 2 aromatic carbocycles. The van der Waals surface area contributed by atoms with Gasteiger partial charge in [-0.1, -0.05) is 48.8 Å². The molecule has 3 rings (SSSR count). The Balaban J connectivity index is 1.64. The molecule has 3 N–H and O–H groups in total. The number of thioether (sulfide) groups is 1. The fourth-order valence-corrected chi connectivity index (χ4v) is 5.35. The van der Waals surface area contributed by atoms with E-state index in [2.05, 4.69) is 48.4 Å². The molecule has 0 fully saturated rings. The van der Waals surface area contributed by atoms with Crippen LogP contribution in [-0.2, 0) is 4.79 Å². The van der Waals surface area contributed by atoms with Gasteiger partial charge in [0, 0.05) is 14.3 Å². The van der Waals surface area contributed by atoms with Gasteiger partial charge < -0.3 is 10.6 Å². The predicted molar refractivity (Wildman–Crippen MR) is 146 cm³/mol. The fraction of sp³-hybridized carbons (Fsp3) is 0.304. The maximum Gasteiger partial charge on any atom is 0.253 e. The van der Waals surface area contributed by atoms with E-state index in [1.54, 1.807) is 12.1 Å². The molecule has 1 atom stereocenters. The number of aromatic amines is 1. The highest BCUT2D eigenvalue weighted by Gasteiger charge is 2.24. The second-order valence-electron chi connectivity index (χ2n) is 8.07. The average Bonchev–Trinajstić information content (AvgIpc) is 3.21. The van der Waals surface area contributed by atoms with E-state index in [-0.39, 0.29) is 28.5 Å². The Hall–Kier alpha value is -1.82. The number of hydrogen-bond acceptors (Lipinski definition) is 5. The third-order valence-electron chi connectivity index (χ3n) is 5.00. The van der Waals surface area contributed by atoms with Crippen LogP contribution in [0.25, 0.3) is 0 Å². The van der Waals surface area contributed by atoms with Gasteiger partial charge in [0.1, 0.15) is 5.82 Å². The van der Waals surface area contributed by atoms with E-state index in [1.165, 1.54) is 17.8 Å². The molecule has 0 spiro atoms. The summed E-state index contributed by atoms with van der Waals surface area (Å²) < 4.78 is 1.12. The summed E-state index contributed by atoms with van der Waals surface area (Å²) in [5, 5.41) is 14.2. The largest absolute Gasteiger partial charge is 0.342 e. The molecule has 0 saturated heterocycles. The maximum atomic E-state index is 12.8. The summed E-state index contributed by atoms with van der Waals surface area (Å²) in [5.74, 6) is 0.196. The molecule has 0 aliphatic rings. The van der Waals surface area contributed by atoms with Crippen molar-refractivity contribution in [1.82, 2.24) is 20.5 Å². The van der Waals surface area contributed by atoms with Gasteiger partial charge in [0.25, 0.3) is 5.91 Å². The topological polar surface area (TPSA) is 99.8 Å². The summed E-state index contributed by atoms with van der Waals surface area (Å²) in [5.41, 5.74) is 3.17. The van der Waals surface area contributed by atoms with Crippen LogP contribution in [0.2, 0.25) is 10.0 Å². The standard InChI is InChI=1S/C23H24Cl2IN5O2S/c1-11(2)19(28-22(33)16-6-5-14(24)9-17(16)25)21-29-23(31-30-21)34-10-18(32)27-20-12(3)7-15(26)8-13(20)4/h5-9,11,19H,10H2,1-4H3,(H,27,32)(H,28,33)(H,29,30,31)/t19-/m0/s1. The number of nitrogens with one attached hydrogen (secondary N) is 3. The molecule has 0 radical (unpaired) electrons. The number of aromatic nitrogens is 3. The van der Waals surface area contributed by atoms with Crippen LogP contribution in [0, 0.1) is 23.3 Å². The summed E-state index contributed by atoms with van der Waals surface area (Å²) in [6.07, 6.45) is 0. The van der Waals surface area contributed by atoms with E-state index in [1.807, 2.05) is 39.8 Å². The lowest BCUT2D eigenvalue weighted by atomic mass is 10.0. The molecule has 0 aliphatic carbocycles. The van der Waals surface area contributed by atoms with E-state index in [0.29, 0.717) is 21.6 Å². The zero-order valence-corrected chi connectivity index (χ0v) is 23.5. The van der Waals surface area contributed by atoms with Crippen LogP contribution in [0.5, 0.6) is 0 Å². The molecule has 1 aromatic heterocycles. The van der Waals surface area contributed by atoms with Crippen LogP contribution in [0.15, 0.2) is 35.5 Å². The Labute approximate surface area is 226 Å². The molecule has 7 nitrogen and oxygen atoms in total. The Morgan fingerprint density at radius 1 is 1.15 bits per heavy atom. The van der Waals surface area contributed by atoms with Gasteiger partial charge in [0.2, 0.25) is 11.1 Å². The second-order valence-corrected chi connectivity index (χ2v) is 11.1. The van der Waals surface area contributed by atoms with E-state index in [0.717, 1.165) is 20.4 Å². The van der Waals surface area contributed by atoms with Crippen molar-refractivity contribution in [2.45, 2.75) is 38.9 Å². The molecular weight excluding hydrogens is 608 g/mol. The van der Waals surface area contributed by atoms with Crippen molar-refractivity contribution in [3.8, 4) is 0 Å². The van der Waals surface area contributed by atoms with Crippen molar-refractivity contribution >= 4 is 75.1 Å². The van der Waals surface area contributed by atoms with Gasteiger partial charge in [0.15, 0.2) is 0 Å². The minimum Gasteiger partial charge on any atom is -0.342 e. The van der Waals surface area contributed by atoms with Crippen LogP contribution < -0.4 is 10.6 Å². The van der Waals surface area contributed by atoms with Crippen LogP contribution in [0.4, 0.5) is 5.69 Å². The lowest BCUT2D eigenvalue weighted by Gasteiger charge is -2.20. The fourth-order valence-electron chi connectivity index (χ4n) is 3.32. The van der Waals surface area contributed by atoms with Crippen molar-refractivity contribution in [3.05, 3.63) is 66.5 Å². The first kappa shape index (κ1) is 26.8. The Bertz CT molecular complexity index is 1190. The number of carbonyl (C=O) groups is 2. The number of rotatable bonds is 8. The average molecular weight is 632 g/mol. The summed E-state index contributed by atoms with van der Waals surface area (Å²) in [6.45, 7) is 7.86. The number of halogens is 3. The first-order valence-electron chi connectivity index (χ1n) is 10.4. The molecule has 0 bridgehead atoms. The van der Waals surface area contributed by atoms with Crippen LogP contribution >= 0.6 is 57.6 Å².